The summed E-state index contributed by atoms with van der Waals surface area (Å²) in [5, 5.41) is 9.33. The number of imidazole rings is 1. The summed E-state index contributed by atoms with van der Waals surface area (Å²) in [5.41, 5.74) is 0.933. The summed E-state index contributed by atoms with van der Waals surface area (Å²) in [6.07, 6.45) is 5.17. The molecule has 0 bridgehead atoms. The highest BCUT2D eigenvalue weighted by atomic mass is 16.2. The quantitative estimate of drug-likeness (QED) is 0.475. The second-order valence-corrected chi connectivity index (χ2v) is 6.76. The van der Waals surface area contributed by atoms with Gasteiger partial charge in [-0.1, -0.05) is 25.5 Å². The molecule has 116 valence electrons. The van der Waals surface area contributed by atoms with Gasteiger partial charge in [-0.3, -0.25) is 9.59 Å². The van der Waals surface area contributed by atoms with Crippen LogP contribution in [-0.4, -0.2) is 21.1 Å². The predicted octanol–water partition coefficient (Wildman–Crippen LogP) is 2.55. The van der Waals surface area contributed by atoms with Gasteiger partial charge in [-0.05, 0) is 25.2 Å². The maximum Gasteiger partial charge on any atom is 0.222 e. The number of aromatic nitrogens is 2. The van der Waals surface area contributed by atoms with Gasteiger partial charge < -0.3 is 4.57 Å². The smallest absolute Gasteiger partial charge is 0.222 e. The number of rotatable bonds is 5. The van der Waals surface area contributed by atoms with E-state index in [0.29, 0.717) is 0 Å². The van der Waals surface area contributed by atoms with Gasteiger partial charge >= 0.3 is 0 Å². The van der Waals surface area contributed by atoms with Crippen LogP contribution in [0.15, 0.2) is 24.0 Å². The Kier molecular flexibility index (Phi) is 4.06. The van der Waals surface area contributed by atoms with E-state index in [4.69, 9.17) is 0 Å². The third-order valence-electron chi connectivity index (χ3n) is 4.45. The van der Waals surface area contributed by atoms with Crippen LogP contribution in [0.4, 0.5) is 0 Å². The lowest BCUT2D eigenvalue weighted by Crippen LogP contribution is -2.27. The zero-order chi connectivity index (χ0) is 16.7. The van der Waals surface area contributed by atoms with Crippen LogP contribution in [-0.2, 0) is 11.8 Å². The van der Waals surface area contributed by atoms with Crippen molar-refractivity contribution in [1.82, 2.24) is 9.55 Å². The van der Waals surface area contributed by atoms with Crippen LogP contribution < -0.4 is 0 Å². The zero-order valence-corrected chi connectivity index (χ0v) is 13.6. The standard InChI is InChI=1S/C17H21N3O2/c1-10(2)8-12-13(17(12,3)4)14(21)11(9-18)15(22)16-19-6-7-20(16)5/h6-8,11-13H,1-5H3/t11-,12-,13-/m1/s1. The lowest BCUT2D eigenvalue weighted by molar-refractivity contribution is -0.122. The van der Waals surface area contributed by atoms with Crippen LogP contribution in [0.1, 0.15) is 38.3 Å². The molecule has 22 heavy (non-hydrogen) atoms. The number of Topliss-reactive ketones (excluding diaryl/α,β-unsaturated/α-hetero) is 2. The SMILES string of the molecule is CC(C)=C[C@@H]1[C@H](C(=O)[C@@H](C#N)C(=O)c2nccn2C)C1(C)C. The number of nitriles is 1. The van der Waals surface area contributed by atoms with Gasteiger partial charge in [0.05, 0.1) is 6.07 Å². The predicted molar refractivity (Wildman–Crippen MR) is 81.8 cm³/mol. The molecule has 1 aromatic heterocycles. The van der Waals surface area contributed by atoms with E-state index in [2.05, 4.69) is 11.1 Å². The Morgan fingerprint density at radius 2 is 2.09 bits per heavy atom. The minimum Gasteiger partial charge on any atom is -0.332 e. The molecule has 1 aliphatic rings. The molecule has 5 nitrogen and oxygen atoms in total. The molecular formula is C17H21N3O2. The summed E-state index contributed by atoms with van der Waals surface area (Å²) in [5.74, 6) is -2.12. The number of nitrogens with zero attached hydrogens (tertiary/aromatic N) is 3. The Morgan fingerprint density at radius 1 is 1.45 bits per heavy atom. The highest BCUT2D eigenvalue weighted by Gasteiger charge is 2.61. The molecule has 1 fully saturated rings. The van der Waals surface area contributed by atoms with Gasteiger partial charge in [0.2, 0.25) is 5.78 Å². The highest BCUT2D eigenvalue weighted by molar-refractivity contribution is 6.12. The molecule has 0 aromatic carbocycles. The molecule has 1 aliphatic carbocycles. The van der Waals surface area contributed by atoms with Crippen LogP contribution in [0.3, 0.4) is 0 Å². The van der Waals surface area contributed by atoms with Gasteiger partial charge in [-0.25, -0.2) is 4.98 Å². The average Bonchev–Trinajstić information content (AvgIpc) is 2.76. The van der Waals surface area contributed by atoms with Gasteiger partial charge in [-0.2, -0.15) is 5.26 Å². The normalized spacial score (nSPS) is 23.3. The molecule has 0 radical (unpaired) electrons. The monoisotopic (exact) mass is 299 g/mol. The summed E-state index contributed by atoms with van der Waals surface area (Å²) >= 11 is 0. The summed E-state index contributed by atoms with van der Waals surface area (Å²) in [6.45, 7) is 7.96. The third kappa shape index (κ3) is 2.61. The number of hydrogen-bond donors (Lipinski definition) is 0. The molecular weight excluding hydrogens is 278 g/mol. The Bertz CT molecular complexity index is 687. The molecule has 0 unspecified atom stereocenters. The van der Waals surface area contributed by atoms with Crippen molar-refractivity contribution >= 4 is 11.6 Å². The van der Waals surface area contributed by atoms with E-state index >= 15 is 0 Å². The number of carbonyl (C=O) groups excluding carboxylic acids is 2. The van der Waals surface area contributed by atoms with Crippen molar-refractivity contribution in [2.45, 2.75) is 27.7 Å². The highest BCUT2D eigenvalue weighted by Crippen LogP contribution is 2.60. The van der Waals surface area contributed by atoms with Crippen molar-refractivity contribution in [3.63, 3.8) is 0 Å². The Balaban J connectivity index is 2.25. The average molecular weight is 299 g/mol. The van der Waals surface area contributed by atoms with Crippen molar-refractivity contribution < 1.29 is 9.59 Å². The van der Waals surface area contributed by atoms with Crippen LogP contribution >= 0.6 is 0 Å². The lowest BCUT2D eigenvalue weighted by Gasteiger charge is -2.08. The number of carbonyl (C=O) groups is 2. The van der Waals surface area contributed by atoms with Crippen LogP contribution in [0.5, 0.6) is 0 Å². The number of ketones is 2. The van der Waals surface area contributed by atoms with Crippen LogP contribution in [0.25, 0.3) is 0 Å². The van der Waals surface area contributed by atoms with Gasteiger partial charge in [0.1, 0.15) is 0 Å². The molecule has 0 spiro atoms. The van der Waals surface area contributed by atoms with E-state index in [0.717, 1.165) is 5.57 Å². The molecule has 0 aliphatic heterocycles. The molecule has 3 atom stereocenters. The number of allylic oxidation sites excluding steroid dienone is 2. The number of aryl methyl sites for hydroxylation is 1. The second kappa shape index (κ2) is 5.53. The molecule has 1 aromatic rings. The van der Waals surface area contributed by atoms with Gasteiger partial charge in [-0.15, -0.1) is 0 Å². The maximum atomic E-state index is 12.7. The Labute approximate surface area is 130 Å². The summed E-state index contributed by atoms with van der Waals surface area (Å²) < 4.78 is 1.53. The Morgan fingerprint density at radius 3 is 2.55 bits per heavy atom. The molecule has 0 saturated heterocycles. The minimum atomic E-state index is -1.28. The summed E-state index contributed by atoms with van der Waals surface area (Å²) in [4.78, 5) is 29.1. The van der Waals surface area contributed by atoms with Crippen molar-refractivity contribution in [3.8, 4) is 6.07 Å². The van der Waals surface area contributed by atoms with E-state index in [1.54, 1.807) is 13.2 Å². The Hall–Kier alpha value is -2.22. The summed E-state index contributed by atoms with van der Waals surface area (Å²) in [7, 11) is 1.67. The first kappa shape index (κ1) is 16.2. The fourth-order valence-corrected chi connectivity index (χ4v) is 3.05. The van der Waals surface area contributed by atoms with Crippen molar-refractivity contribution in [2.24, 2.45) is 30.2 Å². The van der Waals surface area contributed by atoms with Crippen molar-refractivity contribution in [3.05, 3.63) is 29.9 Å². The van der Waals surface area contributed by atoms with E-state index in [1.807, 2.05) is 33.8 Å². The van der Waals surface area contributed by atoms with Gasteiger partial charge in [0.25, 0.3) is 0 Å². The topological polar surface area (TPSA) is 75.8 Å². The van der Waals surface area contributed by atoms with Gasteiger partial charge in [0, 0.05) is 25.4 Å². The lowest BCUT2D eigenvalue weighted by atomic mass is 9.93. The second-order valence-electron chi connectivity index (χ2n) is 6.76. The van der Waals surface area contributed by atoms with E-state index < -0.39 is 11.7 Å². The zero-order valence-electron chi connectivity index (χ0n) is 13.6. The minimum absolute atomic E-state index is 0.0926. The number of hydrogen-bond acceptors (Lipinski definition) is 4. The first-order valence-corrected chi connectivity index (χ1v) is 7.31. The first-order chi connectivity index (χ1) is 10.2. The molecule has 2 rings (SSSR count). The van der Waals surface area contributed by atoms with Crippen molar-refractivity contribution in [2.75, 3.05) is 0 Å². The van der Waals surface area contributed by atoms with Crippen molar-refractivity contribution in [1.29, 1.82) is 5.26 Å². The van der Waals surface area contributed by atoms with E-state index in [1.165, 1.54) is 10.8 Å². The molecule has 1 saturated carbocycles. The first-order valence-electron chi connectivity index (χ1n) is 7.31. The third-order valence-corrected chi connectivity index (χ3v) is 4.45. The van der Waals surface area contributed by atoms with Crippen LogP contribution in [0, 0.1) is 34.5 Å². The maximum absolute atomic E-state index is 12.7. The fraction of sp³-hybridized carbons (Fsp3) is 0.529. The van der Waals surface area contributed by atoms with E-state index in [-0.39, 0.29) is 28.9 Å². The molecule has 0 N–H and O–H groups in total. The van der Waals surface area contributed by atoms with E-state index in [9.17, 15) is 14.9 Å². The van der Waals surface area contributed by atoms with Gasteiger partial charge in [0.15, 0.2) is 17.5 Å². The molecule has 5 heteroatoms. The van der Waals surface area contributed by atoms with Crippen LogP contribution in [0.2, 0.25) is 0 Å². The fourth-order valence-electron chi connectivity index (χ4n) is 3.05. The molecule has 1 heterocycles. The summed E-state index contributed by atoms with van der Waals surface area (Å²) in [6, 6.07) is 1.88. The largest absolute Gasteiger partial charge is 0.332 e. The molecule has 0 amide bonds.